The standard InChI is InChI=1S/C58H39NO2/c1-2-10-40(11-3-1)20-21-43-24-31-47-39-50(37-32-46(47)38-43)59(48-33-25-41(26-34-48)22-29-44-12-8-16-53-51-14-4-6-18-55(51)60-57(44)53)49-35-27-42(28-36-49)23-30-45-13-9-17-54-52-15-5-7-19-56(52)61-58(45)54/h1-39H. The Kier molecular flexibility index (Phi) is 9.18. The Hall–Kier alpha value is -8.14. The van der Waals surface area contributed by atoms with Crippen LogP contribution in [0, 0.1) is 0 Å². The average molecular weight is 782 g/mol. The second-order valence-electron chi connectivity index (χ2n) is 15.4. The van der Waals surface area contributed by atoms with E-state index in [1.807, 2.05) is 30.3 Å². The van der Waals surface area contributed by atoms with Gasteiger partial charge in [-0.1, -0.05) is 182 Å². The zero-order valence-corrected chi connectivity index (χ0v) is 33.3. The lowest BCUT2D eigenvalue weighted by Crippen LogP contribution is -2.09. The Morgan fingerprint density at radius 2 is 0.721 bits per heavy atom. The van der Waals surface area contributed by atoms with Gasteiger partial charge in [-0.15, -0.1) is 0 Å². The number of para-hydroxylation sites is 4. The molecule has 0 spiro atoms. The summed E-state index contributed by atoms with van der Waals surface area (Å²) in [5, 5.41) is 6.90. The molecule has 3 nitrogen and oxygen atoms in total. The van der Waals surface area contributed by atoms with Crippen LogP contribution in [0.4, 0.5) is 17.1 Å². The lowest BCUT2D eigenvalue weighted by Gasteiger charge is -2.26. The van der Waals surface area contributed by atoms with Crippen LogP contribution in [0.15, 0.2) is 209 Å². The molecule has 0 aliphatic heterocycles. The molecule has 0 N–H and O–H groups in total. The molecule has 0 radical (unpaired) electrons. The fraction of sp³-hybridized carbons (Fsp3) is 0. The van der Waals surface area contributed by atoms with Gasteiger partial charge in [0, 0.05) is 49.7 Å². The fourth-order valence-electron chi connectivity index (χ4n) is 8.34. The molecular weight excluding hydrogens is 743 g/mol. The summed E-state index contributed by atoms with van der Waals surface area (Å²) in [5.74, 6) is 0. The maximum Gasteiger partial charge on any atom is 0.142 e. The number of hydrogen-bond donors (Lipinski definition) is 0. The van der Waals surface area contributed by atoms with Crippen molar-refractivity contribution in [2.75, 3.05) is 4.90 Å². The van der Waals surface area contributed by atoms with Gasteiger partial charge in [0.05, 0.1) is 0 Å². The summed E-state index contributed by atoms with van der Waals surface area (Å²) in [6.07, 6.45) is 12.9. The Labute approximate surface area is 354 Å². The number of anilines is 3. The Morgan fingerprint density at radius 1 is 0.295 bits per heavy atom. The molecule has 0 saturated heterocycles. The quantitative estimate of drug-likeness (QED) is 0.137. The summed E-state index contributed by atoms with van der Waals surface area (Å²) >= 11 is 0. The molecule has 11 aromatic rings. The van der Waals surface area contributed by atoms with E-state index in [2.05, 4.69) is 211 Å². The van der Waals surface area contributed by atoms with Crippen LogP contribution < -0.4 is 4.90 Å². The van der Waals surface area contributed by atoms with E-state index in [1.54, 1.807) is 0 Å². The van der Waals surface area contributed by atoms with Crippen molar-refractivity contribution >= 4 is 108 Å². The zero-order chi connectivity index (χ0) is 40.5. The third kappa shape index (κ3) is 7.09. The molecule has 9 aromatic carbocycles. The monoisotopic (exact) mass is 781 g/mol. The van der Waals surface area contributed by atoms with Crippen molar-refractivity contribution in [3.8, 4) is 0 Å². The van der Waals surface area contributed by atoms with E-state index >= 15 is 0 Å². The minimum absolute atomic E-state index is 0.904. The van der Waals surface area contributed by atoms with Crippen LogP contribution in [0.25, 0.3) is 91.1 Å². The smallest absolute Gasteiger partial charge is 0.142 e. The third-order valence-corrected chi connectivity index (χ3v) is 11.5. The third-order valence-electron chi connectivity index (χ3n) is 11.5. The highest BCUT2D eigenvalue weighted by atomic mass is 16.3. The maximum atomic E-state index is 6.29. The predicted molar refractivity (Wildman–Crippen MR) is 259 cm³/mol. The van der Waals surface area contributed by atoms with Gasteiger partial charge < -0.3 is 13.7 Å². The summed E-state index contributed by atoms with van der Waals surface area (Å²) in [7, 11) is 0. The summed E-state index contributed by atoms with van der Waals surface area (Å²) in [5.41, 5.74) is 13.5. The lowest BCUT2D eigenvalue weighted by atomic mass is 10.0. The highest BCUT2D eigenvalue weighted by molar-refractivity contribution is 6.08. The van der Waals surface area contributed by atoms with Gasteiger partial charge in [-0.25, -0.2) is 0 Å². The molecule has 0 saturated carbocycles. The van der Waals surface area contributed by atoms with Crippen LogP contribution in [0.5, 0.6) is 0 Å². The van der Waals surface area contributed by atoms with E-state index in [0.717, 1.165) is 83.2 Å². The topological polar surface area (TPSA) is 29.5 Å². The molecule has 0 bridgehead atoms. The van der Waals surface area contributed by atoms with Crippen LogP contribution in [-0.4, -0.2) is 0 Å². The number of nitrogens with zero attached hydrogens (tertiary/aromatic N) is 1. The second kappa shape index (κ2) is 15.6. The molecule has 2 aromatic heterocycles. The Balaban J connectivity index is 0.918. The first-order chi connectivity index (χ1) is 30.2. The van der Waals surface area contributed by atoms with Gasteiger partial charge in [0.15, 0.2) is 0 Å². The lowest BCUT2D eigenvalue weighted by molar-refractivity contribution is 0.667. The van der Waals surface area contributed by atoms with Gasteiger partial charge in [0.25, 0.3) is 0 Å². The fourth-order valence-corrected chi connectivity index (χ4v) is 8.34. The first kappa shape index (κ1) is 36.0. The van der Waals surface area contributed by atoms with Crippen molar-refractivity contribution in [1.82, 2.24) is 0 Å². The van der Waals surface area contributed by atoms with Crippen LogP contribution >= 0.6 is 0 Å². The van der Waals surface area contributed by atoms with Gasteiger partial charge in [-0.3, -0.25) is 0 Å². The minimum atomic E-state index is 0.904. The normalized spacial score (nSPS) is 12.1. The molecule has 0 aliphatic rings. The van der Waals surface area contributed by atoms with Crippen molar-refractivity contribution in [1.29, 1.82) is 0 Å². The Bertz CT molecular complexity index is 3290. The van der Waals surface area contributed by atoms with Gasteiger partial charge in [-0.2, -0.15) is 0 Å². The van der Waals surface area contributed by atoms with Crippen LogP contribution in [0.3, 0.4) is 0 Å². The molecule has 11 rings (SSSR count). The molecule has 288 valence electrons. The van der Waals surface area contributed by atoms with Gasteiger partial charge in [-0.05, 0) is 87.6 Å². The summed E-state index contributed by atoms with van der Waals surface area (Å²) in [6, 6.07) is 70.4. The van der Waals surface area contributed by atoms with E-state index in [0.29, 0.717) is 0 Å². The highest BCUT2D eigenvalue weighted by Gasteiger charge is 2.15. The molecule has 0 aliphatic carbocycles. The number of furan rings is 2. The van der Waals surface area contributed by atoms with Crippen LogP contribution in [-0.2, 0) is 0 Å². The van der Waals surface area contributed by atoms with Crippen molar-refractivity contribution in [3.05, 3.63) is 234 Å². The van der Waals surface area contributed by atoms with E-state index in [1.165, 1.54) is 21.9 Å². The van der Waals surface area contributed by atoms with Crippen molar-refractivity contribution < 1.29 is 8.83 Å². The molecule has 0 fully saturated rings. The van der Waals surface area contributed by atoms with Crippen molar-refractivity contribution in [2.45, 2.75) is 0 Å². The number of benzene rings is 9. The average Bonchev–Trinajstić information content (AvgIpc) is 3.90. The molecule has 3 heteroatoms. The van der Waals surface area contributed by atoms with Gasteiger partial charge >= 0.3 is 0 Å². The zero-order valence-electron chi connectivity index (χ0n) is 33.3. The molecular formula is C58H39NO2. The largest absolute Gasteiger partial charge is 0.455 e. The summed E-state index contributed by atoms with van der Waals surface area (Å²) in [4.78, 5) is 2.33. The molecule has 0 unspecified atom stereocenters. The molecule has 0 amide bonds. The van der Waals surface area contributed by atoms with E-state index in [9.17, 15) is 0 Å². The molecule has 2 heterocycles. The van der Waals surface area contributed by atoms with Gasteiger partial charge in [0.1, 0.15) is 22.3 Å². The Morgan fingerprint density at radius 3 is 1.31 bits per heavy atom. The predicted octanol–water partition coefficient (Wildman–Crippen LogP) is 16.6. The van der Waals surface area contributed by atoms with Gasteiger partial charge in [0.2, 0.25) is 0 Å². The molecule has 0 atom stereocenters. The number of hydrogen-bond acceptors (Lipinski definition) is 3. The SMILES string of the molecule is C(=Cc1ccc2cc(N(c3ccc(C=Cc4cccc5c4oc4ccccc45)cc3)c3ccc(C=Cc4cccc5c4oc4ccccc45)cc3)ccc2c1)c1ccccc1. The van der Waals surface area contributed by atoms with E-state index < -0.39 is 0 Å². The van der Waals surface area contributed by atoms with Crippen LogP contribution in [0.1, 0.15) is 33.4 Å². The molecule has 61 heavy (non-hydrogen) atoms. The van der Waals surface area contributed by atoms with E-state index in [-0.39, 0.29) is 0 Å². The van der Waals surface area contributed by atoms with E-state index in [4.69, 9.17) is 8.83 Å². The second-order valence-corrected chi connectivity index (χ2v) is 15.4. The minimum Gasteiger partial charge on any atom is -0.455 e. The summed E-state index contributed by atoms with van der Waals surface area (Å²) < 4.78 is 12.6. The van der Waals surface area contributed by atoms with Crippen LogP contribution in [0.2, 0.25) is 0 Å². The van der Waals surface area contributed by atoms with Crippen molar-refractivity contribution in [3.63, 3.8) is 0 Å². The van der Waals surface area contributed by atoms with Crippen molar-refractivity contribution in [2.24, 2.45) is 0 Å². The number of rotatable bonds is 9. The summed E-state index contributed by atoms with van der Waals surface area (Å²) in [6.45, 7) is 0. The first-order valence-electron chi connectivity index (χ1n) is 20.6. The maximum absolute atomic E-state index is 6.29. The highest BCUT2D eigenvalue weighted by Crippen LogP contribution is 2.38. The number of fused-ring (bicyclic) bond motifs is 7. The first-order valence-corrected chi connectivity index (χ1v) is 20.6.